The number of fused-ring (bicyclic) bond motifs is 1. The van der Waals surface area contributed by atoms with E-state index in [9.17, 15) is 18.5 Å². The molecule has 13 heteroatoms. The fourth-order valence-corrected chi connectivity index (χ4v) is 4.80. The van der Waals surface area contributed by atoms with E-state index in [2.05, 4.69) is 25.0 Å². The summed E-state index contributed by atoms with van der Waals surface area (Å²) in [6, 6.07) is 19.0. The van der Waals surface area contributed by atoms with Crippen molar-refractivity contribution in [2.45, 2.75) is 13.0 Å². The molecule has 3 aromatic heterocycles. The normalized spacial score (nSPS) is 12.0. The summed E-state index contributed by atoms with van der Waals surface area (Å²) < 4.78 is 27.4. The summed E-state index contributed by atoms with van der Waals surface area (Å²) in [6.07, 6.45) is 3.82. The van der Waals surface area contributed by atoms with Crippen LogP contribution in [0, 0.1) is 11.3 Å². The summed E-state index contributed by atoms with van der Waals surface area (Å²) in [5.74, 6) is 0.705. The molecule has 0 aliphatic carbocycles. The van der Waals surface area contributed by atoms with Gasteiger partial charge < -0.3 is 11.1 Å². The van der Waals surface area contributed by atoms with Crippen LogP contribution in [0.4, 0.5) is 17.6 Å². The molecule has 3 heterocycles. The van der Waals surface area contributed by atoms with Gasteiger partial charge in [0, 0.05) is 6.20 Å². The van der Waals surface area contributed by atoms with Crippen LogP contribution in [0.2, 0.25) is 0 Å². The van der Waals surface area contributed by atoms with Crippen LogP contribution in [-0.2, 0) is 10.0 Å². The van der Waals surface area contributed by atoms with Crippen LogP contribution in [0.15, 0.2) is 77.9 Å². The third kappa shape index (κ3) is 5.29. The van der Waals surface area contributed by atoms with Gasteiger partial charge in [-0.15, -0.1) is 0 Å². The first-order valence-electron chi connectivity index (χ1n) is 12.0. The largest absolute Gasteiger partial charge is 0.368 e. The molecule has 0 aliphatic heterocycles. The van der Waals surface area contributed by atoms with Gasteiger partial charge in [0.05, 0.1) is 35.1 Å². The van der Waals surface area contributed by atoms with Crippen molar-refractivity contribution in [3.05, 3.63) is 94.8 Å². The molecule has 0 saturated heterocycles. The van der Waals surface area contributed by atoms with Gasteiger partial charge in [0.25, 0.3) is 5.56 Å². The van der Waals surface area contributed by atoms with Crippen LogP contribution in [0.5, 0.6) is 0 Å². The van der Waals surface area contributed by atoms with Crippen LogP contribution in [0.3, 0.4) is 0 Å². The van der Waals surface area contributed by atoms with E-state index in [-0.39, 0.29) is 28.7 Å². The summed E-state index contributed by atoms with van der Waals surface area (Å²) in [7, 11) is -3.55. The molecule has 40 heavy (non-hydrogen) atoms. The third-order valence-corrected chi connectivity index (χ3v) is 6.55. The number of benzene rings is 2. The van der Waals surface area contributed by atoms with Gasteiger partial charge >= 0.3 is 0 Å². The van der Waals surface area contributed by atoms with Crippen LogP contribution >= 0.6 is 0 Å². The molecule has 1 atom stereocenters. The first kappa shape index (κ1) is 26.3. The zero-order chi connectivity index (χ0) is 28.4. The second-order valence-corrected chi connectivity index (χ2v) is 10.7. The molecule has 0 saturated carbocycles. The first-order chi connectivity index (χ1) is 19.1. The monoisotopic (exact) mass is 553 g/mol. The van der Waals surface area contributed by atoms with Crippen molar-refractivity contribution in [2.24, 2.45) is 0 Å². The van der Waals surface area contributed by atoms with Crippen molar-refractivity contribution in [3.8, 4) is 22.9 Å². The molecule has 0 spiro atoms. The Hall–Kier alpha value is -5.35. The van der Waals surface area contributed by atoms with Gasteiger partial charge in [-0.3, -0.25) is 14.1 Å². The van der Waals surface area contributed by atoms with Gasteiger partial charge in [-0.2, -0.15) is 10.2 Å². The molecule has 0 aliphatic rings. The number of nitriles is 1. The number of rotatable bonds is 7. The Morgan fingerprint density at radius 1 is 1.05 bits per heavy atom. The highest BCUT2D eigenvalue weighted by Crippen LogP contribution is 2.29. The highest BCUT2D eigenvalue weighted by atomic mass is 32.2. The standard InChI is InChI=1S/C27H23N9O3S/c1-16(32-24-18(14-28)15-31-27(29)34-24)25-33-21-10-6-9-20(17-11-12-30-22(13-17)35-40(2,38)39)23(21)26(37)36(25)19-7-4-3-5-8-19/h3-13,15-16H,1-2H3,(H,30,35)(H3,29,31,32,34). The molecule has 0 radical (unpaired) electrons. The van der Waals surface area contributed by atoms with Crippen molar-refractivity contribution in [1.82, 2.24) is 24.5 Å². The van der Waals surface area contributed by atoms with E-state index in [1.165, 1.54) is 17.0 Å². The number of aromatic nitrogens is 5. The third-order valence-electron chi connectivity index (χ3n) is 5.97. The molecule has 5 aromatic rings. The van der Waals surface area contributed by atoms with Gasteiger partial charge in [-0.1, -0.05) is 30.3 Å². The van der Waals surface area contributed by atoms with Crippen molar-refractivity contribution >= 4 is 38.5 Å². The number of nitrogens with two attached hydrogens (primary N) is 1. The van der Waals surface area contributed by atoms with E-state index in [0.717, 1.165) is 6.26 Å². The second kappa shape index (κ2) is 10.4. The van der Waals surface area contributed by atoms with E-state index in [0.29, 0.717) is 33.5 Å². The molecule has 2 aromatic carbocycles. The van der Waals surface area contributed by atoms with Gasteiger partial charge in [-0.05, 0) is 48.4 Å². The number of nitrogens with one attached hydrogen (secondary N) is 2. The van der Waals surface area contributed by atoms with Crippen molar-refractivity contribution in [3.63, 3.8) is 0 Å². The summed E-state index contributed by atoms with van der Waals surface area (Å²) in [5.41, 5.74) is 7.74. The zero-order valence-electron chi connectivity index (χ0n) is 21.4. The number of nitrogen functional groups attached to an aromatic ring is 1. The Morgan fingerprint density at radius 3 is 2.55 bits per heavy atom. The van der Waals surface area contributed by atoms with Crippen molar-refractivity contribution in [1.29, 1.82) is 5.26 Å². The summed E-state index contributed by atoms with van der Waals surface area (Å²) in [5, 5.41) is 13.0. The molecule has 4 N–H and O–H groups in total. The van der Waals surface area contributed by atoms with Crippen LogP contribution in [0.1, 0.15) is 24.4 Å². The Labute approximate surface area is 229 Å². The quantitative estimate of drug-likeness (QED) is 0.270. The van der Waals surface area contributed by atoms with Gasteiger partial charge in [0.15, 0.2) is 0 Å². The first-order valence-corrected chi connectivity index (χ1v) is 13.9. The SMILES string of the molecule is CC(Nc1nc(N)ncc1C#N)c1nc2cccc(-c3ccnc(NS(C)(=O)=O)c3)c2c(=O)n1-c1ccccc1. The minimum absolute atomic E-state index is 0.00709. The molecular weight excluding hydrogens is 530 g/mol. The van der Waals surface area contributed by atoms with Crippen LogP contribution < -0.4 is 21.3 Å². The Morgan fingerprint density at radius 2 is 1.82 bits per heavy atom. The van der Waals surface area contributed by atoms with Gasteiger partial charge in [0.1, 0.15) is 29.1 Å². The average Bonchev–Trinajstić information content (AvgIpc) is 2.92. The lowest BCUT2D eigenvalue weighted by atomic mass is 10.0. The molecule has 5 rings (SSSR count). The van der Waals surface area contributed by atoms with E-state index in [1.54, 1.807) is 49.4 Å². The minimum atomic E-state index is -3.55. The predicted molar refractivity (Wildman–Crippen MR) is 152 cm³/mol. The van der Waals surface area contributed by atoms with E-state index >= 15 is 0 Å². The fraction of sp³-hybridized carbons (Fsp3) is 0.111. The maximum atomic E-state index is 14.3. The number of hydrogen-bond acceptors (Lipinski definition) is 10. The number of pyridine rings is 1. The Balaban J connectivity index is 1.72. The maximum Gasteiger partial charge on any atom is 0.266 e. The lowest BCUT2D eigenvalue weighted by Crippen LogP contribution is -2.28. The number of nitrogens with zero attached hydrogens (tertiary/aromatic N) is 6. The summed E-state index contributed by atoms with van der Waals surface area (Å²) in [4.78, 5) is 31.2. The lowest BCUT2D eigenvalue weighted by Gasteiger charge is -2.21. The van der Waals surface area contributed by atoms with Gasteiger partial charge in [-0.25, -0.2) is 23.4 Å². The molecule has 12 nitrogen and oxygen atoms in total. The summed E-state index contributed by atoms with van der Waals surface area (Å²) in [6.45, 7) is 1.79. The molecule has 0 amide bonds. The molecule has 0 bridgehead atoms. The Kier molecular flexibility index (Phi) is 6.85. The lowest BCUT2D eigenvalue weighted by molar-refractivity contribution is 0.606. The maximum absolute atomic E-state index is 14.3. The number of anilines is 3. The predicted octanol–water partition coefficient (Wildman–Crippen LogP) is 3.24. The summed E-state index contributed by atoms with van der Waals surface area (Å²) >= 11 is 0. The smallest absolute Gasteiger partial charge is 0.266 e. The van der Waals surface area contributed by atoms with E-state index in [4.69, 9.17) is 10.7 Å². The van der Waals surface area contributed by atoms with E-state index < -0.39 is 16.1 Å². The highest BCUT2D eigenvalue weighted by Gasteiger charge is 2.22. The average molecular weight is 554 g/mol. The van der Waals surface area contributed by atoms with E-state index in [1.807, 2.05) is 24.3 Å². The molecule has 0 fully saturated rings. The minimum Gasteiger partial charge on any atom is -0.368 e. The fourth-order valence-electron chi connectivity index (χ4n) is 4.31. The molecule has 1 unspecified atom stereocenters. The van der Waals surface area contributed by atoms with Crippen molar-refractivity contribution in [2.75, 3.05) is 22.0 Å². The molecule has 200 valence electrons. The Bertz CT molecular complexity index is 1950. The second-order valence-electron chi connectivity index (χ2n) is 8.92. The highest BCUT2D eigenvalue weighted by molar-refractivity contribution is 7.92. The molecular formula is C27H23N9O3S. The van der Waals surface area contributed by atoms with Crippen LogP contribution in [-0.4, -0.2) is 39.2 Å². The number of hydrogen-bond donors (Lipinski definition) is 3. The van der Waals surface area contributed by atoms with Crippen molar-refractivity contribution < 1.29 is 8.42 Å². The number of sulfonamides is 1. The number of para-hydroxylation sites is 1. The zero-order valence-corrected chi connectivity index (χ0v) is 22.2. The van der Waals surface area contributed by atoms with Crippen LogP contribution in [0.25, 0.3) is 27.7 Å². The topological polar surface area (TPSA) is 182 Å². The van der Waals surface area contributed by atoms with Gasteiger partial charge in [0.2, 0.25) is 16.0 Å².